The molecule has 0 spiro atoms. The van der Waals surface area contributed by atoms with Gasteiger partial charge in [-0.2, -0.15) is 0 Å². The molecule has 0 radical (unpaired) electrons. The van der Waals surface area contributed by atoms with Crippen LogP contribution in [0, 0.1) is 5.92 Å². The maximum absolute atomic E-state index is 11.3. The highest BCUT2D eigenvalue weighted by atomic mass is 16.5. The molecule has 134 valence electrons. The van der Waals surface area contributed by atoms with E-state index >= 15 is 0 Å². The van der Waals surface area contributed by atoms with E-state index in [0.717, 1.165) is 17.0 Å². The zero-order valence-corrected chi connectivity index (χ0v) is 15.0. The van der Waals surface area contributed by atoms with Crippen molar-refractivity contribution in [1.82, 2.24) is 0 Å². The van der Waals surface area contributed by atoms with Crippen molar-refractivity contribution in [1.29, 1.82) is 0 Å². The summed E-state index contributed by atoms with van der Waals surface area (Å²) in [5, 5.41) is 14.8. The molecular weight excluding hydrogens is 316 g/mol. The molecule has 2 aromatic carbocycles. The number of rotatable bonds is 8. The molecule has 1 unspecified atom stereocenters. The first-order valence-corrected chi connectivity index (χ1v) is 8.48. The summed E-state index contributed by atoms with van der Waals surface area (Å²) in [7, 11) is 0. The summed E-state index contributed by atoms with van der Waals surface area (Å²) in [6.07, 6.45) is 0. The second kappa shape index (κ2) is 9.08. The molecule has 1 amide bonds. The smallest absolute Gasteiger partial charge is 0.250 e. The van der Waals surface area contributed by atoms with Crippen molar-refractivity contribution in [3.8, 4) is 5.75 Å². The first-order chi connectivity index (χ1) is 12.0. The van der Waals surface area contributed by atoms with Gasteiger partial charge in [0.1, 0.15) is 12.4 Å². The lowest BCUT2D eigenvalue weighted by Crippen LogP contribution is -2.15. The van der Waals surface area contributed by atoms with Gasteiger partial charge >= 0.3 is 0 Å². The number of amides is 1. The molecule has 0 aliphatic heterocycles. The van der Waals surface area contributed by atoms with Gasteiger partial charge in [-0.1, -0.05) is 32.0 Å². The average molecular weight is 342 g/mol. The molecule has 1 atom stereocenters. The lowest BCUT2D eigenvalue weighted by atomic mass is 10.1. The van der Waals surface area contributed by atoms with Crippen molar-refractivity contribution in [2.45, 2.75) is 26.8 Å². The monoisotopic (exact) mass is 342 g/mol. The van der Waals surface area contributed by atoms with Gasteiger partial charge < -0.3 is 20.5 Å². The molecule has 0 fully saturated rings. The Hall–Kier alpha value is -2.53. The number of hydrogen-bond donors (Lipinski definition) is 3. The van der Waals surface area contributed by atoms with Gasteiger partial charge in [0.05, 0.1) is 6.61 Å². The Bertz CT molecular complexity index is 684. The van der Waals surface area contributed by atoms with Crippen molar-refractivity contribution in [3.05, 3.63) is 54.1 Å². The SMILES string of the molecule is CC(C)COc1ccc(C(C)Nc2cccc(NC(=O)CO)c2)cc1. The molecular formula is C20H26N2O3. The first-order valence-electron chi connectivity index (χ1n) is 8.48. The van der Waals surface area contributed by atoms with Crippen molar-refractivity contribution in [3.63, 3.8) is 0 Å². The van der Waals surface area contributed by atoms with E-state index in [2.05, 4.69) is 31.4 Å². The lowest BCUT2D eigenvalue weighted by molar-refractivity contribution is -0.118. The van der Waals surface area contributed by atoms with Gasteiger partial charge in [-0.25, -0.2) is 0 Å². The summed E-state index contributed by atoms with van der Waals surface area (Å²) in [5.41, 5.74) is 2.68. The van der Waals surface area contributed by atoms with E-state index in [9.17, 15) is 4.79 Å². The van der Waals surface area contributed by atoms with E-state index in [0.29, 0.717) is 18.2 Å². The number of ether oxygens (including phenoxy) is 1. The molecule has 0 heterocycles. The van der Waals surface area contributed by atoms with Crippen LogP contribution in [0.25, 0.3) is 0 Å². The van der Waals surface area contributed by atoms with Gasteiger partial charge in [-0.3, -0.25) is 4.79 Å². The number of benzene rings is 2. The molecule has 2 rings (SSSR count). The van der Waals surface area contributed by atoms with E-state index in [1.165, 1.54) is 0 Å². The minimum absolute atomic E-state index is 0.0999. The Kier molecular flexibility index (Phi) is 6.83. The highest BCUT2D eigenvalue weighted by Gasteiger charge is 2.07. The quantitative estimate of drug-likeness (QED) is 0.682. The van der Waals surface area contributed by atoms with Crippen molar-refractivity contribution in [2.24, 2.45) is 5.92 Å². The van der Waals surface area contributed by atoms with E-state index in [4.69, 9.17) is 9.84 Å². The van der Waals surface area contributed by atoms with Gasteiger partial charge in [0.2, 0.25) is 5.91 Å². The molecule has 0 aliphatic carbocycles. The third kappa shape index (κ3) is 6.12. The molecule has 0 aliphatic rings. The number of anilines is 2. The number of carbonyl (C=O) groups excluding carboxylic acids is 1. The summed E-state index contributed by atoms with van der Waals surface area (Å²) < 4.78 is 5.70. The third-order valence-corrected chi connectivity index (χ3v) is 3.64. The fraction of sp³-hybridized carbons (Fsp3) is 0.350. The Morgan fingerprint density at radius 2 is 1.76 bits per heavy atom. The largest absolute Gasteiger partial charge is 0.493 e. The molecule has 5 heteroatoms. The van der Waals surface area contributed by atoms with Crippen LogP contribution in [0.4, 0.5) is 11.4 Å². The van der Waals surface area contributed by atoms with Crippen molar-refractivity contribution >= 4 is 17.3 Å². The average Bonchev–Trinajstić information content (AvgIpc) is 2.60. The molecule has 5 nitrogen and oxygen atoms in total. The minimum Gasteiger partial charge on any atom is -0.493 e. The van der Waals surface area contributed by atoms with E-state index in [-0.39, 0.29) is 6.04 Å². The summed E-state index contributed by atoms with van der Waals surface area (Å²) in [4.78, 5) is 11.3. The Balaban J connectivity index is 1.98. The standard InChI is InChI=1S/C20H26N2O3/c1-14(2)13-25-19-9-7-16(8-10-19)15(3)21-17-5-4-6-18(11-17)22-20(24)12-23/h4-11,14-15,21,23H,12-13H2,1-3H3,(H,22,24). The number of nitrogens with one attached hydrogen (secondary N) is 2. The maximum Gasteiger partial charge on any atom is 0.250 e. The number of aliphatic hydroxyl groups excluding tert-OH is 1. The van der Waals surface area contributed by atoms with Crippen LogP contribution in [0.2, 0.25) is 0 Å². The van der Waals surface area contributed by atoms with E-state index < -0.39 is 12.5 Å². The molecule has 0 bridgehead atoms. The normalized spacial score (nSPS) is 11.9. The molecule has 2 aromatic rings. The summed E-state index contributed by atoms with van der Waals surface area (Å²) in [6, 6.07) is 15.6. The zero-order chi connectivity index (χ0) is 18.2. The lowest BCUT2D eigenvalue weighted by Gasteiger charge is -2.17. The van der Waals surface area contributed by atoms with Crippen LogP contribution in [0.5, 0.6) is 5.75 Å². The summed E-state index contributed by atoms with van der Waals surface area (Å²) >= 11 is 0. The summed E-state index contributed by atoms with van der Waals surface area (Å²) in [6.45, 7) is 6.50. The highest BCUT2D eigenvalue weighted by Crippen LogP contribution is 2.23. The Morgan fingerprint density at radius 3 is 2.40 bits per heavy atom. The van der Waals surface area contributed by atoms with Gasteiger partial charge in [0.15, 0.2) is 0 Å². The van der Waals surface area contributed by atoms with Crippen LogP contribution < -0.4 is 15.4 Å². The molecule has 0 aromatic heterocycles. The fourth-order valence-electron chi connectivity index (χ4n) is 2.34. The second-order valence-electron chi connectivity index (χ2n) is 6.43. The Labute approximate surface area is 149 Å². The van der Waals surface area contributed by atoms with Gasteiger partial charge in [-0.15, -0.1) is 0 Å². The van der Waals surface area contributed by atoms with Crippen LogP contribution in [-0.4, -0.2) is 24.2 Å². The van der Waals surface area contributed by atoms with Gasteiger partial charge in [-0.05, 0) is 48.7 Å². The highest BCUT2D eigenvalue weighted by molar-refractivity contribution is 5.91. The first kappa shape index (κ1) is 18.8. The van der Waals surface area contributed by atoms with Crippen LogP contribution in [0.15, 0.2) is 48.5 Å². The van der Waals surface area contributed by atoms with Crippen LogP contribution in [0.3, 0.4) is 0 Å². The molecule has 3 N–H and O–H groups in total. The van der Waals surface area contributed by atoms with Crippen molar-refractivity contribution < 1.29 is 14.6 Å². The molecule has 25 heavy (non-hydrogen) atoms. The van der Waals surface area contributed by atoms with Crippen LogP contribution >= 0.6 is 0 Å². The second-order valence-corrected chi connectivity index (χ2v) is 6.43. The third-order valence-electron chi connectivity index (χ3n) is 3.64. The van der Waals surface area contributed by atoms with Crippen molar-refractivity contribution in [2.75, 3.05) is 23.8 Å². The van der Waals surface area contributed by atoms with Crippen LogP contribution in [0.1, 0.15) is 32.4 Å². The fourth-order valence-corrected chi connectivity index (χ4v) is 2.34. The van der Waals surface area contributed by atoms with Gasteiger partial charge in [0, 0.05) is 17.4 Å². The predicted octanol–water partition coefficient (Wildman–Crippen LogP) is 3.83. The zero-order valence-electron chi connectivity index (χ0n) is 15.0. The number of hydrogen-bond acceptors (Lipinski definition) is 4. The number of aliphatic hydroxyl groups is 1. The maximum atomic E-state index is 11.3. The Morgan fingerprint density at radius 1 is 1.08 bits per heavy atom. The molecule has 0 saturated carbocycles. The van der Waals surface area contributed by atoms with E-state index in [1.54, 1.807) is 6.07 Å². The van der Waals surface area contributed by atoms with E-state index in [1.807, 2.05) is 42.5 Å². The van der Waals surface area contributed by atoms with Gasteiger partial charge in [0.25, 0.3) is 0 Å². The summed E-state index contributed by atoms with van der Waals surface area (Å²) in [5.74, 6) is 0.944. The number of carbonyl (C=O) groups is 1. The predicted molar refractivity (Wildman–Crippen MR) is 101 cm³/mol. The van der Waals surface area contributed by atoms with Crippen LogP contribution in [-0.2, 0) is 4.79 Å². The molecule has 0 saturated heterocycles. The minimum atomic E-state index is -0.528. The topological polar surface area (TPSA) is 70.6 Å².